The Morgan fingerprint density at radius 3 is 2.58 bits per heavy atom. The SMILES string of the molecule is CC(CCc1ccccc1)NCCC1CCCCC1. The summed E-state index contributed by atoms with van der Waals surface area (Å²) in [4.78, 5) is 0. The zero-order valence-corrected chi connectivity index (χ0v) is 12.4. The second-order valence-electron chi connectivity index (χ2n) is 6.17. The van der Waals surface area contributed by atoms with Crippen molar-refractivity contribution in [3.8, 4) is 0 Å². The second-order valence-corrected chi connectivity index (χ2v) is 6.17. The Morgan fingerprint density at radius 1 is 1.11 bits per heavy atom. The summed E-state index contributed by atoms with van der Waals surface area (Å²) in [5.74, 6) is 1.00. The number of benzene rings is 1. The van der Waals surface area contributed by atoms with Crippen molar-refractivity contribution in [1.82, 2.24) is 5.32 Å². The second kappa shape index (κ2) is 8.37. The maximum Gasteiger partial charge on any atom is 0.00418 e. The molecule has 1 aromatic carbocycles. The maximum absolute atomic E-state index is 3.70. The molecule has 1 fully saturated rings. The normalized spacial score (nSPS) is 18.4. The summed E-state index contributed by atoms with van der Waals surface area (Å²) >= 11 is 0. The van der Waals surface area contributed by atoms with E-state index in [1.54, 1.807) is 0 Å². The Hall–Kier alpha value is -0.820. The van der Waals surface area contributed by atoms with Crippen LogP contribution >= 0.6 is 0 Å². The number of aryl methyl sites for hydroxylation is 1. The van der Waals surface area contributed by atoms with Gasteiger partial charge in [-0.05, 0) is 44.2 Å². The van der Waals surface area contributed by atoms with Crippen molar-refractivity contribution in [3.63, 3.8) is 0 Å². The van der Waals surface area contributed by atoms with Gasteiger partial charge in [-0.1, -0.05) is 62.4 Å². The van der Waals surface area contributed by atoms with E-state index in [-0.39, 0.29) is 0 Å². The van der Waals surface area contributed by atoms with Crippen LogP contribution in [0.5, 0.6) is 0 Å². The van der Waals surface area contributed by atoms with Crippen LogP contribution in [0.25, 0.3) is 0 Å². The molecular weight excluding hydrogens is 230 g/mol. The van der Waals surface area contributed by atoms with E-state index in [1.807, 2.05) is 0 Å². The van der Waals surface area contributed by atoms with Gasteiger partial charge in [-0.2, -0.15) is 0 Å². The Balaban J connectivity index is 1.55. The van der Waals surface area contributed by atoms with Crippen LogP contribution in [0.3, 0.4) is 0 Å². The van der Waals surface area contributed by atoms with Gasteiger partial charge in [-0.15, -0.1) is 0 Å². The highest BCUT2D eigenvalue weighted by molar-refractivity contribution is 5.14. The summed E-state index contributed by atoms with van der Waals surface area (Å²) in [7, 11) is 0. The average molecular weight is 259 g/mol. The van der Waals surface area contributed by atoms with Crippen LogP contribution in [0.1, 0.15) is 57.4 Å². The summed E-state index contributed by atoms with van der Waals surface area (Å²) in [5.41, 5.74) is 1.46. The molecule has 1 aromatic rings. The Bertz CT molecular complexity index is 327. The van der Waals surface area contributed by atoms with Crippen LogP contribution in [0.2, 0.25) is 0 Å². The van der Waals surface area contributed by atoms with Crippen LogP contribution < -0.4 is 5.32 Å². The monoisotopic (exact) mass is 259 g/mol. The summed E-state index contributed by atoms with van der Waals surface area (Å²) in [6.07, 6.45) is 11.2. The van der Waals surface area contributed by atoms with Crippen molar-refractivity contribution in [2.45, 2.75) is 64.3 Å². The van der Waals surface area contributed by atoms with Gasteiger partial charge in [0.25, 0.3) is 0 Å². The molecule has 0 aliphatic heterocycles. The highest BCUT2D eigenvalue weighted by Gasteiger charge is 2.13. The molecule has 19 heavy (non-hydrogen) atoms. The smallest absolute Gasteiger partial charge is 0.00418 e. The molecule has 0 spiro atoms. The van der Waals surface area contributed by atoms with Gasteiger partial charge in [-0.3, -0.25) is 0 Å². The first-order valence-corrected chi connectivity index (χ1v) is 8.12. The van der Waals surface area contributed by atoms with Crippen molar-refractivity contribution in [2.75, 3.05) is 6.54 Å². The van der Waals surface area contributed by atoms with Crippen molar-refractivity contribution >= 4 is 0 Å². The van der Waals surface area contributed by atoms with Gasteiger partial charge in [0.15, 0.2) is 0 Å². The molecule has 1 unspecified atom stereocenters. The van der Waals surface area contributed by atoms with Crippen LogP contribution in [0.4, 0.5) is 0 Å². The number of nitrogens with one attached hydrogen (secondary N) is 1. The molecule has 1 nitrogen and oxygen atoms in total. The van der Waals surface area contributed by atoms with Crippen molar-refractivity contribution in [2.24, 2.45) is 5.92 Å². The average Bonchev–Trinajstić information content (AvgIpc) is 2.47. The maximum atomic E-state index is 3.70. The lowest BCUT2D eigenvalue weighted by Gasteiger charge is -2.22. The van der Waals surface area contributed by atoms with Gasteiger partial charge in [0, 0.05) is 6.04 Å². The summed E-state index contributed by atoms with van der Waals surface area (Å²) in [5, 5.41) is 3.70. The third-order valence-corrected chi connectivity index (χ3v) is 4.48. The van der Waals surface area contributed by atoms with E-state index in [2.05, 4.69) is 42.6 Å². The molecule has 1 heteroatoms. The predicted octanol–water partition coefficient (Wildman–Crippen LogP) is 4.57. The molecule has 1 aliphatic carbocycles. The topological polar surface area (TPSA) is 12.0 Å². The summed E-state index contributed by atoms with van der Waals surface area (Å²) in [6, 6.07) is 11.5. The number of hydrogen-bond acceptors (Lipinski definition) is 1. The van der Waals surface area contributed by atoms with E-state index in [9.17, 15) is 0 Å². The van der Waals surface area contributed by atoms with Crippen molar-refractivity contribution < 1.29 is 0 Å². The minimum Gasteiger partial charge on any atom is -0.314 e. The lowest BCUT2D eigenvalue weighted by molar-refractivity contribution is 0.327. The first-order chi connectivity index (χ1) is 9.34. The van der Waals surface area contributed by atoms with Gasteiger partial charge < -0.3 is 5.32 Å². The van der Waals surface area contributed by atoms with Gasteiger partial charge in [-0.25, -0.2) is 0 Å². The first-order valence-electron chi connectivity index (χ1n) is 8.12. The van der Waals surface area contributed by atoms with E-state index in [4.69, 9.17) is 0 Å². The lowest BCUT2D eigenvalue weighted by atomic mass is 9.87. The highest BCUT2D eigenvalue weighted by Crippen LogP contribution is 2.25. The Kier molecular flexibility index (Phi) is 6.43. The first kappa shape index (κ1) is 14.6. The van der Waals surface area contributed by atoms with E-state index < -0.39 is 0 Å². The molecule has 2 rings (SSSR count). The van der Waals surface area contributed by atoms with E-state index in [0.29, 0.717) is 6.04 Å². The standard InChI is InChI=1S/C18H29N/c1-16(12-13-17-8-4-2-5-9-17)19-15-14-18-10-6-3-7-11-18/h2,4-5,8-9,16,18-19H,3,6-7,10-15H2,1H3. The molecule has 1 aliphatic rings. The van der Waals surface area contributed by atoms with Gasteiger partial charge in [0.1, 0.15) is 0 Å². The van der Waals surface area contributed by atoms with Crippen LogP contribution in [0.15, 0.2) is 30.3 Å². The molecule has 0 saturated heterocycles. The molecule has 1 atom stereocenters. The minimum absolute atomic E-state index is 0.642. The zero-order valence-electron chi connectivity index (χ0n) is 12.4. The lowest BCUT2D eigenvalue weighted by Crippen LogP contribution is -2.29. The number of rotatable bonds is 7. The summed E-state index contributed by atoms with van der Waals surface area (Å²) < 4.78 is 0. The molecule has 0 heterocycles. The Labute approximate surface area is 118 Å². The Morgan fingerprint density at radius 2 is 1.84 bits per heavy atom. The predicted molar refractivity (Wildman–Crippen MR) is 83.4 cm³/mol. The molecular formula is C18H29N. The zero-order chi connectivity index (χ0) is 13.3. The van der Waals surface area contributed by atoms with E-state index in [0.717, 1.165) is 5.92 Å². The van der Waals surface area contributed by atoms with Crippen LogP contribution in [-0.2, 0) is 6.42 Å². The fourth-order valence-electron chi connectivity index (χ4n) is 3.14. The molecule has 0 amide bonds. The third kappa shape index (κ3) is 5.78. The molecule has 106 valence electrons. The fourth-order valence-corrected chi connectivity index (χ4v) is 3.14. The highest BCUT2D eigenvalue weighted by atomic mass is 14.9. The third-order valence-electron chi connectivity index (χ3n) is 4.48. The van der Waals surface area contributed by atoms with Gasteiger partial charge in [0.05, 0.1) is 0 Å². The molecule has 0 aromatic heterocycles. The largest absolute Gasteiger partial charge is 0.314 e. The van der Waals surface area contributed by atoms with Crippen LogP contribution in [0, 0.1) is 5.92 Å². The van der Waals surface area contributed by atoms with Gasteiger partial charge >= 0.3 is 0 Å². The quantitative estimate of drug-likeness (QED) is 0.756. The molecule has 0 bridgehead atoms. The molecule has 1 N–H and O–H groups in total. The fraction of sp³-hybridized carbons (Fsp3) is 0.667. The number of hydrogen-bond donors (Lipinski definition) is 1. The van der Waals surface area contributed by atoms with E-state index >= 15 is 0 Å². The van der Waals surface area contributed by atoms with Crippen molar-refractivity contribution in [1.29, 1.82) is 0 Å². The minimum atomic E-state index is 0.642. The van der Waals surface area contributed by atoms with Crippen LogP contribution in [-0.4, -0.2) is 12.6 Å². The van der Waals surface area contributed by atoms with Crippen molar-refractivity contribution in [3.05, 3.63) is 35.9 Å². The van der Waals surface area contributed by atoms with Gasteiger partial charge in [0.2, 0.25) is 0 Å². The molecule has 1 saturated carbocycles. The molecule has 0 radical (unpaired) electrons. The summed E-state index contributed by atoms with van der Waals surface area (Å²) in [6.45, 7) is 3.53. The van der Waals surface area contributed by atoms with E-state index in [1.165, 1.54) is 63.5 Å².